The van der Waals surface area contributed by atoms with Gasteiger partial charge in [-0.25, -0.2) is 18.4 Å². The number of benzene rings is 2. The van der Waals surface area contributed by atoms with E-state index in [9.17, 15) is 18.4 Å². The maximum absolute atomic E-state index is 13.3. The number of rotatable bonds is 4. The van der Waals surface area contributed by atoms with E-state index in [-0.39, 0.29) is 24.3 Å². The fraction of sp³-hybridized carbons (Fsp3) is 0.222. The Bertz CT molecular complexity index is 776. The van der Waals surface area contributed by atoms with Crippen LogP contribution in [0.3, 0.4) is 0 Å². The van der Waals surface area contributed by atoms with Gasteiger partial charge in [0.25, 0.3) is 0 Å². The maximum Gasteiger partial charge on any atom is 0.341 e. The highest BCUT2D eigenvalue weighted by atomic mass is 19.1. The van der Waals surface area contributed by atoms with E-state index < -0.39 is 29.1 Å². The molecule has 0 aliphatic heterocycles. The first-order valence-corrected chi connectivity index (χ1v) is 7.34. The zero-order valence-electron chi connectivity index (χ0n) is 14.2. The molecule has 2 N–H and O–H groups in total. The number of esters is 2. The van der Waals surface area contributed by atoms with Crippen molar-refractivity contribution in [3.8, 4) is 0 Å². The molecule has 0 fully saturated rings. The van der Waals surface area contributed by atoms with E-state index in [2.05, 4.69) is 9.47 Å². The number of ether oxygens (including phenoxy) is 2. The molecule has 0 aromatic heterocycles. The lowest BCUT2D eigenvalue weighted by molar-refractivity contribution is 0.0550. The average Bonchev–Trinajstić information content (AvgIpc) is 2.66. The summed E-state index contributed by atoms with van der Waals surface area (Å²) in [4.78, 5) is 22.4. The number of carbonyl (C=O) groups excluding carboxylic acids is 2. The lowest BCUT2D eigenvalue weighted by Crippen LogP contribution is -2.13. The van der Waals surface area contributed by atoms with Gasteiger partial charge in [-0.15, -0.1) is 0 Å². The minimum Gasteiger partial charge on any atom is -0.465 e. The minimum absolute atomic E-state index is 0.149. The van der Waals surface area contributed by atoms with Crippen LogP contribution in [0.2, 0.25) is 0 Å². The summed E-state index contributed by atoms with van der Waals surface area (Å²) in [7, 11) is 2.25. The smallest absolute Gasteiger partial charge is 0.341 e. The van der Waals surface area contributed by atoms with Crippen molar-refractivity contribution < 1.29 is 38.1 Å². The minimum atomic E-state index is -0.909. The van der Waals surface area contributed by atoms with Gasteiger partial charge in [-0.05, 0) is 23.8 Å². The third kappa shape index (κ3) is 5.08. The first kappa shape index (κ1) is 21.2. The monoisotopic (exact) mass is 368 g/mol. The molecule has 8 heteroatoms. The molecule has 26 heavy (non-hydrogen) atoms. The van der Waals surface area contributed by atoms with E-state index >= 15 is 0 Å². The lowest BCUT2D eigenvalue weighted by Gasteiger charge is -2.06. The van der Waals surface area contributed by atoms with Gasteiger partial charge in [0.1, 0.15) is 17.2 Å². The number of hydrogen-bond donors (Lipinski definition) is 2. The lowest BCUT2D eigenvalue weighted by atomic mass is 10.1. The average molecular weight is 368 g/mol. The van der Waals surface area contributed by atoms with Crippen molar-refractivity contribution in [2.75, 3.05) is 14.2 Å². The van der Waals surface area contributed by atoms with E-state index in [0.29, 0.717) is 5.56 Å². The Kier molecular flexibility index (Phi) is 8.33. The molecule has 0 saturated carbocycles. The molecule has 0 bridgehead atoms. The molecule has 2 aromatic carbocycles. The molecule has 0 saturated heterocycles. The van der Waals surface area contributed by atoms with E-state index in [0.717, 1.165) is 20.3 Å². The molecule has 6 nitrogen and oxygen atoms in total. The number of aliphatic hydroxyl groups excluding tert-OH is 2. The quantitative estimate of drug-likeness (QED) is 0.804. The van der Waals surface area contributed by atoms with Gasteiger partial charge in [-0.2, -0.15) is 0 Å². The van der Waals surface area contributed by atoms with E-state index in [4.69, 9.17) is 10.2 Å². The molecular formula is C18H18F2O6. The van der Waals surface area contributed by atoms with Crippen LogP contribution >= 0.6 is 0 Å². The maximum atomic E-state index is 13.3. The molecule has 0 aliphatic rings. The van der Waals surface area contributed by atoms with Gasteiger partial charge in [0, 0.05) is 5.56 Å². The molecule has 0 amide bonds. The van der Waals surface area contributed by atoms with Crippen molar-refractivity contribution in [1.82, 2.24) is 0 Å². The largest absolute Gasteiger partial charge is 0.465 e. The van der Waals surface area contributed by atoms with E-state index in [1.807, 2.05) is 0 Å². The summed E-state index contributed by atoms with van der Waals surface area (Å²) in [6.45, 7) is -0.615. The summed E-state index contributed by atoms with van der Waals surface area (Å²) in [5.41, 5.74) is 0.0544. The van der Waals surface area contributed by atoms with Crippen LogP contribution in [0.4, 0.5) is 8.78 Å². The van der Waals surface area contributed by atoms with Crippen molar-refractivity contribution >= 4 is 11.9 Å². The summed E-state index contributed by atoms with van der Waals surface area (Å²) in [6, 6.07) is 8.01. The molecule has 0 heterocycles. The van der Waals surface area contributed by atoms with Crippen LogP contribution < -0.4 is 0 Å². The van der Waals surface area contributed by atoms with Crippen LogP contribution in [0.25, 0.3) is 0 Å². The zero-order valence-corrected chi connectivity index (χ0v) is 14.2. The van der Waals surface area contributed by atoms with Crippen LogP contribution in [0, 0.1) is 11.6 Å². The first-order chi connectivity index (χ1) is 12.4. The van der Waals surface area contributed by atoms with Gasteiger partial charge in [-0.1, -0.05) is 18.2 Å². The van der Waals surface area contributed by atoms with Crippen molar-refractivity contribution in [3.63, 3.8) is 0 Å². The topological polar surface area (TPSA) is 93.1 Å². The molecule has 0 spiro atoms. The van der Waals surface area contributed by atoms with Crippen LogP contribution in [-0.4, -0.2) is 36.4 Å². The van der Waals surface area contributed by atoms with Crippen molar-refractivity contribution in [2.24, 2.45) is 0 Å². The van der Waals surface area contributed by atoms with Gasteiger partial charge < -0.3 is 19.7 Å². The van der Waals surface area contributed by atoms with Gasteiger partial charge in [0.2, 0.25) is 0 Å². The predicted molar refractivity (Wildman–Crippen MR) is 87.3 cm³/mol. The summed E-state index contributed by atoms with van der Waals surface area (Å²) < 4.78 is 34.8. The third-order valence-electron chi connectivity index (χ3n) is 3.35. The molecule has 2 rings (SSSR count). The van der Waals surface area contributed by atoms with Crippen molar-refractivity contribution in [3.05, 3.63) is 70.3 Å². The van der Waals surface area contributed by atoms with Crippen molar-refractivity contribution in [1.29, 1.82) is 0 Å². The van der Waals surface area contributed by atoms with Crippen LogP contribution in [0.5, 0.6) is 0 Å². The first-order valence-electron chi connectivity index (χ1n) is 7.34. The summed E-state index contributed by atoms with van der Waals surface area (Å²) in [5.74, 6) is -2.98. The van der Waals surface area contributed by atoms with Gasteiger partial charge in [-0.3, -0.25) is 0 Å². The molecule has 0 aliphatic carbocycles. The molecule has 140 valence electrons. The van der Waals surface area contributed by atoms with Gasteiger partial charge in [0.05, 0.1) is 33.0 Å². The molecule has 0 atom stereocenters. The number of methoxy groups -OCH3 is 2. The van der Waals surface area contributed by atoms with Crippen LogP contribution in [0.15, 0.2) is 36.4 Å². The summed E-state index contributed by atoms with van der Waals surface area (Å²) >= 11 is 0. The predicted octanol–water partition coefficient (Wildman–Crippen LogP) is 2.21. The number of halogens is 2. The number of carbonyl (C=O) groups is 2. The molecular weight excluding hydrogens is 350 g/mol. The standard InChI is InChI=1S/C10H9FO4.C8H9FO2/c1-14-9(12)6-4-3-5-7(11)8(6)10(13)15-2;9-8-3-1-2-6(4-10)7(8)5-11/h3-5H,1-2H3;1-3,10-11H,4-5H2. The number of aliphatic hydroxyl groups is 2. The second kappa shape index (κ2) is 10.2. The Hall–Kier alpha value is -2.84. The summed E-state index contributed by atoms with van der Waals surface area (Å²) in [6.07, 6.45) is 0. The molecule has 0 unspecified atom stereocenters. The fourth-order valence-electron chi connectivity index (χ4n) is 2.04. The normalized spacial score (nSPS) is 9.77. The Morgan fingerprint density at radius 2 is 1.46 bits per heavy atom. The summed E-state index contributed by atoms with van der Waals surface area (Å²) in [5, 5.41) is 17.4. The Morgan fingerprint density at radius 3 is 1.96 bits per heavy atom. The third-order valence-corrected chi connectivity index (χ3v) is 3.35. The highest BCUT2D eigenvalue weighted by molar-refractivity contribution is 6.03. The Balaban J connectivity index is 0.000000273. The SMILES string of the molecule is COC(=O)c1cccc(F)c1C(=O)OC.OCc1cccc(F)c1CO. The fourth-order valence-corrected chi connectivity index (χ4v) is 2.04. The second-order valence-electron chi connectivity index (χ2n) is 4.84. The molecule has 2 aromatic rings. The molecule has 0 radical (unpaired) electrons. The van der Waals surface area contributed by atoms with E-state index in [1.165, 1.54) is 24.3 Å². The van der Waals surface area contributed by atoms with Crippen molar-refractivity contribution in [2.45, 2.75) is 13.2 Å². The van der Waals surface area contributed by atoms with Gasteiger partial charge >= 0.3 is 11.9 Å². The zero-order chi connectivity index (χ0) is 19.7. The highest BCUT2D eigenvalue weighted by Gasteiger charge is 2.22. The second-order valence-corrected chi connectivity index (χ2v) is 4.84. The van der Waals surface area contributed by atoms with Crippen LogP contribution in [0.1, 0.15) is 31.8 Å². The van der Waals surface area contributed by atoms with Gasteiger partial charge in [0.15, 0.2) is 0 Å². The number of hydrogen-bond acceptors (Lipinski definition) is 6. The highest BCUT2D eigenvalue weighted by Crippen LogP contribution is 2.15. The van der Waals surface area contributed by atoms with Crippen LogP contribution in [-0.2, 0) is 22.7 Å². The Labute approximate surface area is 148 Å². The van der Waals surface area contributed by atoms with E-state index in [1.54, 1.807) is 6.07 Å². The Morgan fingerprint density at radius 1 is 0.885 bits per heavy atom.